The number of ether oxygens (including phenoxy) is 2. The van der Waals surface area contributed by atoms with E-state index >= 15 is 0 Å². The smallest absolute Gasteiger partial charge is 0.410 e. The van der Waals surface area contributed by atoms with E-state index in [9.17, 15) is 9.90 Å². The summed E-state index contributed by atoms with van der Waals surface area (Å²) in [5, 5.41) is 10.4. The Morgan fingerprint density at radius 2 is 1.85 bits per heavy atom. The normalized spacial score (nSPS) is 13.8. The highest BCUT2D eigenvalue weighted by molar-refractivity contribution is 6.51. The molecule has 0 aliphatic heterocycles. The molecule has 1 heterocycles. The molecule has 8 nitrogen and oxygen atoms in total. The van der Waals surface area contributed by atoms with Gasteiger partial charge >= 0.3 is 13.6 Å². The SMILES string of the molecule is COC(CN(C)C(=O)OC(C)(C)C)Cn1c(C)nc2cccc([B]OC(C)(C)C(C)(C)O)c21. The van der Waals surface area contributed by atoms with Crippen molar-refractivity contribution < 1.29 is 24.0 Å². The van der Waals surface area contributed by atoms with Gasteiger partial charge in [0.25, 0.3) is 0 Å². The Hall–Kier alpha value is -2.10. The van der Waals surface area contributed by atoms with E-state index in [1.807, 2.05) is 59.7 Å². The standard InChI is InChI=1S/C24H39BN3O5/c1-16-26-19-13-11-12-18(25-33-24(7,8)23(5,6)30)20(19)28(16)15-17(31-10)14-27(9)21(29)32-22(2,3)4/h11-13,17,30H,14-15H2,1-10H3. The maximum absolute atomic E-state index is 12.4. The van der Waals surface area contributed by atoms with E-state index in [1.165, 1.54) is 4.90 Å². The third kappa shape index (κ3) is 6.95. The molecule has 1 amide bonds. The van der Waals surface area contributed by atoms with Crippen LogP contribution in [-0.2, 0) is 20.7 Å². The first-order valence-corrected chi connectivity index (χ1v) is 11.2. The fourth-order valence-electron chi connectivity index (χ4n) is 3.13. The minimum absolute atomic E-state index is 0.277. The molecule has 1 atom stereocenters. The minimum Gasteiger partial charge on any atom is -0.444 e. The van der Waals surface area contributed by atoms with Gasteiger partial charge in [0.05, 0.1) is 41.4 Å². The number of nitrogens with zero attached hydrogens (tertiary/aromatic N) is 3. The van der Waals surface area contributed by atoms with Crippen LogP contribution >= 0.6 is 0 Å². The van der Waals surface area contributed by atoms with E-state index < -0.39 is 22.9 Å². The highest BCUT2D eigenvalue weighted by atomic mass is 16.6. The van der Waals surface area contributed by atoms with Crippen molar-refractivity contribution in [1.82, 2.24) is 14.5 Å². The molecular formula is C24H39BN3O5. The first-order chi connectivity index (χ1) is 15.1. The number of carbonyl (C=O) groups is 1. The zero-order valence-corrected chi connectivity index (χ0v) is 21.7. The number of likely N-dealkylation sites (N-methyl/N-ethyl adjacent to an activating group) is 1. The zero-order valence-electron chi connectivity index (χ0n) is 21.7. The molecule has 1 unspecified atom stereocenters. The van der Waals surface area contributed by atoms with Gasteiger partial charge in [-0.05, 0) is 66.9 Å². The van der Waals surface area contributed by atoms with Gasteiger partial charge in [-0.3, -0.25) is 0 Å². The number of aryl methyl sites for hydroxylation is 1. The number of methoxy groups -OCH3 is 1. The van der Waals surface area contributed by atoms with Crippen LogP contribution < -0.4 is 5.46 Å². The lowest BCUT2D eigenvalue weighted by Gasteiger charge is -2.37. The number of aliphatic hydroxyl groups is 1. The average Bonchev–Trinajstić information content (AvgIpc) is 2.99. The molecule has 1 aromatic carbocycles. The van der Waals surface area contributed by atoms with Gasteiger partial charge in [0, 0.05) is 14.2 Å². The Labute approximate surface area is 198 Å². The van der Waals surface area contributed by atoms with Crippen LogP contribution in [0.1, 0.15) is 54.3 Å². The summed E-state index contributed by atoms with van der Waals surface area (Å²) < 4.78 is 19.2. The molecule has 0 saturated heterocycles. The summed E-state index contributed by atoms with van der Waals surface area (Å²) in [6.07, 6.45) is -0.673. The molecular weight excluding hydrogens is 421 g/mol. The number of rotatable bonds is 9. The highest BCUT2D eigenvalue weighted by Crippen LogP contribution is 2.25. The maximum Gasteiger partial charge on any atom is 0.410 e. The molecule has 183 valence electrons. The van der Waals surface area contributed by atoms with Gasteiger partial charge in [0.1, 0.15) is 11.4 Å². The van der Waals surface area contributed by atoms with Crippen LogP contribution in [0.4, 0.5) is 4.79 Å². The van der Waals surface area contributed by atoms with Gasteiger partial charge in [-0.25, -0.2) is 9.78 Å². The predicted molar refractivity (Wildman–Crippen MR) is 131 cm³/mol. The second-order valence-corrected chi connectivity index (χ2v) is 10.5. The third-order valence-corrected chi connectivity index (χ3v) is 5.84. The number of amides is 1. The summed E-state index contributed by atoms with van der Waals surface area (Å²) in [5.74, 6) is 0.828. The Bertz CT molecular complexity index is 959. The van der Waals surface area contributed by atoms with E-state index in [-0.39, 0.29) is 6.10 Å². The molecule has 0 saturated carbocycles. The molecule has 1 aromatic heterocycles. The largest absolute Gasteiger partial charge is 0.444 e. The van der Waals surface area contributed by atoms with Crippen molar-refractivity contribution in [2.45, 2.75) is 84.8 Å². The van der Waals surface area contributed by atoms with Crippen molar-refractivity contribution in [2.24, 2.45) is 0 Å². The molecule has 0 bridgehead atoms. The monoisotopic (exact) mass is 460 g/mol. The summed E-state index contributed by atoms with van der Waals surface area (Å²) in [6.45, 7) is 15.5. The fraction of sp³-hybridized carbons (Fsp3) is 0.667. The van der Waals surface area contributed by atoms with Crippen LogP contribution in [0.15, 0.2) is 18.2 Å². The van der Waals surface area contributed by atoms with Crippen LogP contribution in [0, 0.1) is 6.92 Å². The van der Waals surface area contributed by atoms with Gasteiger partial charge in [0.15, 0.2) is 0 Å². The van der Waals surface area contributed by atoms with Crippen molar-refractivity contribution in [1.29, 1.82) is 0 Å². The summed E-state index contributed by atoms with van der Waals surface area (Å²) in [7, 11) is 5.00. The van der Waals surface area contributed by atoms with Crippen LogP contribution in [0.3, 0.4) is 0 Å². The van der Waals surface area contributed by atoms with E-state index in [4.69, 9.17) is 19.1 Å². The number of hydrogen-bond donors (Lipinski definition) is 1. The van der Waals surface area contributed by atoms with E-state index in [0.717, 1.165) is 22.3 Å². The van der Waals surface area contributed by atoms with E-state index in [0.29, 0.717) is 13.1 Å². The molecule has 2 rings (SSSR count). The van der Waals surface area contributed by atoms with Crippen molar-refractivity contribution in [3.8, 4) is 0 Å². The van der Waals surface area contributed by atoms with Crippen LogP contribution in [0.2, 0.25) is 0 Å². The second kappa shape index (κ2) is 10.0. The lowest BCUT2D eigenvalue weighted by Crippen LogP contribution is -2.49. The van der Waals surface area contributed by atoms with Gasteiger partial charge in [0.2, 0.25) is 0 Å². The first-order valence-electron chi connectivity index (χ1n) is 11.2. The molecule has 0 aliphatic rings. The van der Waals surface area contributed by atoms with Gasteiger partial charge in [-0.1, -0.05) is 12.1 Å². The zero-order chi connectivity index (χ0) is 25.2. The van der Waals surface area contributed by atoms with Crippen LogP contribution in [0.25, 0.3) is 11.0 Å². The van der Waals surface area contributed by atoms with Crippen molar-refractivity contribution in [3.05, 3.63) is 24.0 Å². The summed E-state index contributed by atoms with van der Waals surface area (Å²) in [6, 6.07) is 5.83. The van der Waals surface area contributed by atoms with Crippen molar-refractivity contribution in [3.63, 3.8) is 0 Å². The molecule has 2 aromatic rings. The van der Waals surface area contributed by atoms with Crippen LogP contribution in [0.5, 0.6) is 0 Å². The lowest BCUT2D eigenvalue weighted by molar-refractivity contribution is -0.0893. The number of aromatic nitrogens is 2. The number of fused-ring (bicyclic) bond motifs is 1. The summed E-state index contributed by atoms with van der Waals surface area (Å²) >= 11 is 0. The summed E-state index contributed by atoms with van der Waals surface area (Å²) in [4.78, 5) is 18.6. The molecule has 1 N–H and O–H groups in total. The quantitative estimate of drug-likeness (QED) is 0.579. The number of imidazole rings is 1. The van der Waals surface area contributed by atoms with Crippen LogP contribution in [-0.4, -0.2) is 76.7 Å². The molecule has 9 heteroatoms. The predicted octanol–water partition coefficient (Wildman–Crippen LogP) is 3.04. The Morgan fingerprint density at radius 3 is 2.39 bits per heavy atom. The lowest BCUT2D eigenvalue weighted by atomic mass is 9.82. The van der Waals surface area contributed by atoms with Gasteiger partial charge in [-0.15, -0.1) is 0 Å². The van der Waals surface area contributed by atoms with Gasteiger partial charge < -0.3 is 28.7 Å². The molecule has 1 radical (unpaired) electrons. The minimum atomic E-state index is -1.03. The van der Waals surface area contributed by atoms with Crippen molar-refractivity contribution in [2.75, 3.05) is 20.7 Å². The first kappa shape index (κ1) is 27.2. The average molecular weight is 460 g/mol. The number of hydrogen-bond acceptors (Lipinski definition) is 6. The molecule has 0 aliphatic carbocycles. The topological polar surface area (TPSA) is 86.0 Å². The third-order valence-electron chi connectivity index (χ3n) is 5.84. The van der Waals surface area contributed by atoms with Gasteiger partial charge in [-0.2, -0.15) is 0 Å². The molecule has 0 fully saturated rings. The molecule has 0 spiro atoms. The second-order valence-electron chi connectivity index (χ2n) is 10.5. The van der Waals surface area contributed by atoms with Crippen molar-refractivity contribution >= 4 is 30.1 Å². The Kier molecular flexibility index (Phi) is 8.25. The number of para-hydroxylation sites is 1. The number of benzene rings is 1. The fourth-order valence-corrected chi connectivity index (χ4v) is 3.13. The maximum atomic E-state index is 12.4. The summed E-state index contributed by atoms with van der Waals surface area (Å²) in [5.41, 5.74) is 0.207. The highest BCUT2D eigenvalue weighted by Gasteiger charge is 2.36. The number of carbonyl (C=O) groups excluding carboxylic acids is 1. The Balaban J connectivity index is 2.27. The van der Waals surface area contributed by atoms with E-state index in [2.05, 4.69) is 4.57 Å². The molecule has 33 heavy (non-hydrogen) atoms. The Morgan fingerprint density at radius 1 is 1.21 bits per heavy atom. The van der Waals surface area contributed by atoms with E-state index in [1.54, 1.807) is 35.5 Å².